The number of fused-ring (bicyclic) bond motifs is 2. The zero-order valence-corrected chi connectivity index (χ0v) is 15.8. The number of hydrogen-bond acceptors (Lipinski definition) is 8. The number of pyridine rings is 1. The average molecular weight is 391 g/mol. The minimum absolute atomic E-state index is 0.0191. The number of carbonyl (C=O) groups is 1. The standard InChI is InChI=1S/C19H17N7OS/c27-19(23-15-6-5-12-3-1-2-4-14(12)22-15)13-7-9-26(10-8-13)18-16-17(20-11-21-18)25-28-24-16/h1-6,11,13H,7-10H2,(H,22,23,27). The molecular formula is C19H17N7OS. The number of aromatic nitrogens is 5. The molecule has 3 aromatic heterocycles. The molecule has 0 atom stereocenters. The van der Waals surface area contributed by atoms with Gasteiger partial charge in [0.25, 0.3) is 0 Å². The van der Waals surface area contributed by atoms with E-state index in [0.717, 1.165) is 59.9 Å². The van der Waals surface area contributed by atoms with Crippen LogP contribution in [0.15, 0.2) is 42.7 Å². The van der Waals surface area contributed by atoms with Crippen molar-refractivity contribution in [2.75, 3.05) is 23.3 Å². The number of piperidine rings is 1. The third kappa shape index (κ3) is 3.13. The van der Waals surface area contributed by atoms with E-state index in [1.165, 1.54) is 6.33 Å². The van der Waals surface area contributed by atoms with Gasteiger partial charge in [0.05, 0.1) is 17.2 Å². The van der Waals surface area contributed by atoms with Gasteiger partial charge in [0, 0.05) is 24.4 Å². The quantitative estimate of drug-likeness (QED) is 0.573. The van der Waals surface area contributed by atoms with Crippen LogP contribution in [0.5, 0.6) is 0 Å². The molecule has 28 heavy (non-hydrogen) atoms. The molecular weight excluding hydrogens is 374 g/mol. The highest BCUT2D eigenvalue weighted by Crippen LogP contribution is 2.27. The largest absolute Gasteiger partial charge is 0.355 e. The first-order valence-electron chi connectivity index (χ1n) is 9.13. The van der Waals surface area contributed by atoms with Crippen LogP contribution in [0.1, 0.15) is 12.8 Å². The van der Waals surface area contributed by atoms with Gasteiger partial charge < -0.3 is 10.2 Å². The van der Waals surface area contributed by atoms with Crippen molar-refractivity contribution in [2.45, 2.75) is 12.8 Å². The summed E-state index contributed by atoms with van der Waals surface area (Å²) >= 11 is 1.14. The summed E-state index contributed by atoms with van der Waals surface area (Å²) in [4.78, 5) is 27.9. The second kappa shape index (κ2) is 7.08. The van der Waals surface area contributed by atoms with Gasteiger partial charge in [0.2, 0.25) is 5.91 Å². The third-order valence-corrected chi connectivity index (χ3v) is 5.58. The fraction of sp³-hybridized carbons (Fsp3) is 0.263. The summed E-state index contributed by atoms with van der Waals surface area (Å²) in [6, 6.07) is 11.7. The Morgan fingerprint density at radius 1 is 1.07 bits per heavy atom. The molecule has 1 N–H and O–H groups in total. The number of amides is 1. The maximum Gasteiger partial charge on any atom is 0.228 e. The molecule has 1 aromatic carbocycles. The minimum atomic E-state index is -0.0459. The van der Waals surface area contributed by atoms with Gasteiger partial charge in [-0.1, -0.05) is 18.2 Å². The number of anilines is 2. The SMILES string of the molecule is O=C(Nc1ccc2ccccc2n1)C1CCN(c2ncnc3nsnc23)CC1. The van der Waals surface area contributed by atoms with Crippen LogP contribution in [0.3, 0.4) is 0 Å². The topological polar surface area (TPSA) is 96.8 Å². The Morgan fingerprint density at radius 3 is 2.82 bits per heavy atom. The van der Waals surface area contributed by atoms with Gasteiger partial charge in [-0.05, 0) is 31.0 Å². The lowest BCUT2D eigenvalue weighted by molar-refractivity contribution is -0.120. The number of nitrogens with one attached hydrogen (secondary N) is 1. The molecule has 1 amide bonds. The van der Waals surface area contributed by atoms with Crippen LogP contribution >= 0.6 is 11.7 Å². The molecule has 1 aliphatic heterocycles. The van der Waals surface area contributed by atoms with E-state index in [9.17, 15) is 4.79 Å². The fourth-order valence-electron chi connectivity index (χ4n) is 3.56. The molecule has 1 fully saturated rings. The lowest BCUT2D eigenvalue weighted by Gasteiger charge is -2.31. The van der Waals surface area contributed by atoms with E-state index in [-0.39, 0.29) is 11.8 Å². The zero-order valence-electron chi connectivity index (χ0n) is 14.9. The predicted octanol–water partition coefficient (Wildman–Crippen LogP) is 2.88. The van der Waals surface area contributed by atoms with Crippen molar-refractivity contribution in [2.24, 2.45) is 5.92 Å². The van der Waals surface area contributed by atoms with Gasteiger partial charge in [-0.2, -0.15) is 8.75 Å². The van der Waals surface area contributed by atoms with E-state index < -0.39 is 0 Å². The van der Waals surface area contributed by atoms with Gasteiger partial charge in [-0.15, -0.1) is 0 Å². The van der Waals surface area contributed by atoms with Crippen LogP contribution in [0, 0.1) is 5.92 Å². The fourth-order valence-corrected chi connectivity index (χ4v) is 4.05. The third-order valence-electron chi connectivity index (χ3n) is 5.06. The van der Waals surface area contributed by atoms with E-state index in [4.69, 9.17) is 0 Å². The molecule has 0 unspecified atom stereocenters. The summed E-state index contributed by atoms with van der Waals surface area (Å²) in [5.41, 5.74) is 2.23. The molecule has 0 aliphatic carbocycles. The molecule has 4 heterocycles. The number of para-hydroxylation sites is 1. The van der Waals surface area contributed by atoms with Gasteiger partial charge in [-0.25, -0.2) is 15.0 Å². The van der Waals surface area contributed by atoms with Gasteiger partial charge >= 0.3 is 0 Å². The van der Waals surface area contributed by atoms with E-state index in [0.29, 0.717) is 11.5 Å². The molecule has 1 aliphatic rings. The molecule has 1 saturated heterocycles. The number of benzene rings is 1. The van der Waals surface area contributed by atoms with E-state index >= 15 is 0 Å². The Morgan fingerprint density at radius 2 is 1.93 bits per heavy atom. The molecule has 0 saturated carbocycles. The second-order valence-corrected chi connectivity index (χ2v) is 7.30. The highest BCUT2D eigenvalue weighted by molar-refractivity contribution is 7.00. The Labute approximate surface area is 165 Å². The summed E-state index contributed by atoms with van der Waals surface area (Å²) in [5.74, 6) is 1.37. The Balaban J connectivity index is 1.26. The summed E-state index contributed by atoms with van der Waals surface area (Å²) in [5, 5.41) is 4.03. The van der Waals surface area contributed by atoms with Crippen molar-refractivity contribution >= 4 is 51.3 Å². The monoisotopic (exact) mass is 391 g/mol. The van der Waals surface area contributed by atoms with Crippen LogP contribution in [0.25, 0.3) is 22.1 Å². The van der Waals surface area contributed by atoms with Crippen molar-refractivity contribution in [1.29, 1.82) is 0 Å². The van der Waals surface area contributed by atoms with Crippen molar-refractivity contribution in [3.63, 3.8) is 0 Å². The first-order chi connectivity index (χ1) is 13.8. The molecule has 0 radical (unpaired) electrons. The molecule has 5 rings (SSSR count). The lowest BCUT2D eigenvalue weighted by Crippen LogP contribution is -2.38. The first kappa shape index (κ1) is 16.9. The number of nitrogens with zero attached hydrogens (tertiary/aromatic N) is 6. The van der Waals surface area contributed by atoms with Crippen molar-refractivity contribution in [3.8, 4) is 0 Å². The van der Waals surface area contributed by atoms with Crippen molar-refractivity contribution in [3.05, 3.63) is 42.7 Å². The number of rotatable bonds is 3. The molecule has 9 heteroatoms. The predicted molar refractivity (Wildman–Crippen MR) is 108 cm³/mol. The zero-order chi connectivity index (χ0) is 18.9. The molecule has 0 spiro atoms. The summed E-state index contributed by atoms with van der Waals surface area (Å²) < 4.78 is 8.47. The second-order valence-electron chi connectivity index (χ2n) is 6.77. The van der Waals surface area contributed by atoms with Gasteiger partial charge in [-0.3, -0.25) is 4.79 Å². The maximum absolute atomic E-state index is 12.7. The number of hydrogen-bond donors (Lipinski definition) is 1. The minimum Gasteiger partial charge on any atom is -0.355 e. The van der Waals surface area contributed by atoms with Crippen molar-refractivity contribution < 1.29 is 4.79 Å². The van der Waals surface area contributed by atoms with Gasteiger partial charge in [0.1, 0.15) is 12.1 Å². The van der Waals surface area contributed by atoms with Crippen LogP contribution < -0.4 is 10.2 Å². The highest BCUT2D eigenvalue weighted by atomic mass is 32.1. The van der Waals surface area contributed by atoms with Crippen molar-refractivity contribution in [1.82, 2.24) is 23.7 Å². The van der Waals surface area contributed by atoms with Gasteiger partial charge in [0.15, 0.2) is 17.0 Å². The molecule has 4 aromatic rings. The molecule has 8 nitrogen and oxygen atoms in total. The first-order valence-corrected chi connectivity index (χ1v) is 9.86. The lowest BCUT2D eigenvalue weighted by atomic mass is 9.96. The molecule has 140 valence electrons. The normalized spacial score (nSPS) is 15.2. The summed E-state index contributed by atoms with van der Waals surface area (Å²) in [7, 11) is 0. The van der Waals surface area contributed by atoms with E-state index in [1.54, 1.807) is 0 Å². The van der Waals surface area contributed by atoms with Crippen LogP contribution in [-0.2, 0) is 4.79 Å². The van der Waals surface area contributed by atoms with Crippen LogP contribution in [0.4, 0.5) is 11.6 Å². The summed E-state index contributed by atoms with van der Waals surface area (Å²) in [6.45, 7) is 1.49. The van der Waals surface area contributed by atoms with Crippen LogP contribution in [-0.4, -0.2) is 42.7 Å². The Hall–Kier alpha value is -3.20. The highest BCUT2D eigenvalue weighted by Gasteiger charge is 2.27. The van der Waals surface area contributed by atoms with Crippen LogP contribution in [0.2, 0.25) is 0 Å². The number of carbonyl (C=O) groups excluding carboxylic acids is 1. The average Bonchev–Trinajstić information content (AvgIpc) is 3.23. The van der Waals surface area contributed by atoms with E-state index in [2.05, 4.69) is 33.9 Å². The smallest absolute Gasteiger partial charge is 0.228 e. The Kier molecular flexibility index (Phi) is 4.28. The maximum atomic E-state index is 12.7. The van der Waals surface area contributed by atoms with E-state index in [1.807, 2.05) is 36.4 Å². The summed E-state index contributed by atoms with van der Waals surface area (Å²) in [6.07, 6.45) is 3.02. The Bertz CT molecular complexity index is 1150. The molecule has 0 bridgehead atoms.